The average Bonchev–Trinajstić information content (AvgIpc) is 2.97. The molecule has 3 aromatic rings. The summed E-state index contributed by atoms with van der Waals surface area (Å²) in [6.07, 6.45) is 6.76. The molecule has 0 bridgehead atoms. The maximum Gasteiger partial charge on any atom is 0.187 e. The number of nitrogens with zero attached hydrogens (tertiary/aromatic N) is 4. The van der Waals surface area contributed by atoms with Gasteiger partial charge < -0.3 is 0 Å². The quantitative estimate of drug-likeness (QED) is 0.550. The maximum absolute atomic E-state index is 13.7. The summed E-state index contributed by atoms with van der Waals surface area (Å²) in [5.74, 6) is -1.29. The number of hydrogen-bond donors (Lipinski definition) is 0. The molecular weight excluding hydrogens is 294 g/mol. The number of benzene rings is 1. The van der Waals surface area contributed by atoms with Crippen LogP contribution in [0.4, 0.5) is 8.78 Å². The Morgan fingerprint density at radius 2 is 2.05 bits per heavy atom. The fourth-order valence-electron chi connectivity index (χ4n) is 1.85. The van der Waals surface area contributed by atoms with Crippen molar-refractivity contribution >= 4 is 11.8 Å². The molecule has 0 aliphatic carbocycles. The zero-order valence-corrected chi connectivity index (χ0v) is 11.8. The van der Waals surface area contributed by atoms with Gasteiger partial charge in [0.2, 0.25) is 0 Å². The molecule has 0 saturated carbocycles. The van der Waals surface area contributed by atoms with E-state index in [2.05, 4.69) is 15.1 Å². The van der Waals surface area contributed by atoms with Gasteiger partial charge in [0.15, 0.2) is 11.0 Å². The van der Waals surface area contributed by atoms with Crippen LogP contribution in [0.3, 0.4) is 0 Å². The molecule has 0 aliphatic heterocycles. The van der Waals surface area contributed by atoms with Gasteiger partial charge in [-0.05, 0) is 24.5 Å². The van der Waals surface area contributed by atoms with Gasteiger partial charge in [0, 0.05) is 24.0 Å². The third-order valence-corrected chi connectivity index (χ3v) is 3.41. The van der Waals surface area contributed by atoms with Gasteiger partial charge in [-0.15, -0.1) is 0 Å². The molecule has 0 N–H and O–H groups in total. The van der Waals surface area contributed by atoms with Crippen LogP contribution in [0.15, 0.2) is 48.0 Å². The van der Waals surface area contributed by atoms with Crippen LogP contribution in [0.5, 0.6) is 0 Å². The van der Waals surface area contributed by atoms with Gasteiger partial charge in [0.1, 0.15) is 11.5 Å². The first kappa shape index (κ1) is 13.7. The lowest BCUT2D eigenvalue weighted by atomic mass is 10.2. The first-order chi connectivity index (χ1) is 10.2. The van der Waals surface area contributed by atoms with Gasteiger partial charge in [-0.2, -0.15) is 5.10 Å². The minimum absolute atomic E-state index is 0.182. The van der Waals surface area contributed by atoms with Crippen molar-refractivity contribution in [3.8, 4) is 16.9 Å². The Bertz CT molecular complexity index is 788. The molecule has 7 heteroatoms. The molecule has 21 heavy (non-hydrogen) atoms. The Morgan fingerprint density at radius 1 is 1.19 bits per heavy atom. The second-order valence-corrected chi connectivity index (χ2v) is 4.97. The summed E-state index contributed by atoms with van der Waals surface area (Å²) in [6.45, 7) is 0. The second kappa shape index (κ2) is 5.61. The summed E-state index contributed by atoms with van der Waals surface area (Å²) >= 11 is 1.43. The van der Waals surface area contributed by atoms with Gasteiger partial charge in [-0.3, -0.25) is 0 Å². The van der Waals surface area contributed by atoms with Gasteiger partial charge in [0.05, 0.1) is 11.9 Å². The minimum Gasteiger partial charge on any atom is -0.237 e. The third-order valence-electron chi connectivity index (χ3n) is 2.85. The van der Waals surface area contributed by atoms with Crippen molar-refractivity contribution in [2.45, 2.75) is 5.16 Å². The van der Waals surface area contributed by atoms with Crippen molar-refractivity contribution in [2.75, 3.05) is 6.26 Å². The van der Waals surface area contributed by atoms with E-state index in [4.69, 9.17) is 0 Å². The summed E-state index contributed by atoms with van der Waals surface area (Å²) in [5.41, 5.74) is 1.61. The van der Waals surface area contributed by atoms with Crippen LogP contribution in [0.25, 0.3) is 16.9 Å². The molecule has 0 saturated heterocycles. The zero-order valence-electron chi connectivity index (χ0n) is 11.0. The molecule has 2 aromatic heterocycles. The standard InChI is InChI=1S/C14H10F2N4S/c1-21-14-17-5-4-12(19-14)9-7-18-20(8-9)13-3-2-10(15)6-11(13)16/h2-8H,1H3. The van der Waals surface area contributed by atoms with E-state index in [1.807, 2.05) is 6.26 Å². The highest BCUT2D eigenvalue weighted by Crippen LogP contribution is 2.21. The number of thioether (sulfide) groups is 1. The van der Waals surface area contributed by atoms with Crippen molar-refractivity contribution in [3.63, 3.8) is 0 Å². The predicted molar refractivity (Wildman–Crippen MR) is 76.3 cm³/mol. The Kier molecular flexibility index (Phi) is 3.66. The molecule has 0 atom stereocenters. The summed E-state index contributed by atoms with van der Waals surface area (Å²) in [6, 6.07) is 5.11. The fraction of sp³-hybridized carbons (Fsp3) is 0.0714. The first-order valence-electron chi connectivity index (χ1n) is 6.05. The molecule has 0 aliphatic rings. The van der Waals surface area contributed by atoms with E-state index < -0.39 is 11.6 Å². The summed E-state index contributed by atoms with van der Waals surface area (Å²) in [7, 11) is 0. The van der Waals surface area contributed by atoms with E-state index in [1.165, 1.54) is 28.6 Å². The predicted octanol–water partition coefficient (Wildman–Crippen LogP) is 3.33. The number of rotatable bonds is 3. The van der Waals surface area contributed by atoms with Crippen molar-refractivity contribution in [3.05, 3.63) is 54.5 Å². The second-order valence-electron chi connectivity index (χ2n) is 4.20. The normalized spacial score (nSPS) is 10.8. The Balaban J connectivity index is 1.99. The fourth-order valence-corrected chi connectivity index (χ4v) is 2.21. The van der Waals surface area contributed by atoms with Crippen molar-refractivity contribution in [2.24, 2.45) is 0 Å². The van der Waals surface area contributed by atoms with Crippen LogP contribution in [-0.4, -0.2) is 26.0 Å². The lowest BCUT2D eigenvalue weighted by Gasteiger charge is -2.02. The molecule has 1 aromatic carbocycles. The molecule has 0 radical (unpaired) electrons. The molecule has 2 heterocycles. The maximum atomic E-state index is 13.7. The lowest BCUT2D eigenvalue weighted by molar-refractivity contribution is 0.573. The van der Waals surface area contributed by atoms with Gasteiger partial charge >= 0.3 is 0 Å². The van der Waals surface area contributed by atoms with E-state index in [1.54, 1.807) is 24.7 Å². The molecular formula is C14H10F2N4S. The number of aromatic nitrogens is 4. The van der Waals surface area contributed by atoms with Crippen molar-refractivity contribution in [1.82, 2.24) is 19.7 Å². The monoisotopic (exact) mass is 304 g/mol. The largest absolute Gasteiger partial charge is 0.237 e. The minimum atomic E-state index is -0.669. The van der Waals surface area contributed by atoms with Crippen LogP contribution in [0, 0.1) is 11.6 Å². The molecule has 0 spiro atoms. The van der Waals surface area contributed by atoms with E-state index in [0.717, 1.165) is 11.6 Å². The zero-order chi connectivity index (χ0) is 14.8. The van der Waals surface area contributed by atoms with Crippen LogP contribution in [0.2, 0.25) is 0 Å². The van der Waals surface area contributed by atoms with Crippen LogP contribution < -0.4 is 0 Å². The number of hydrogen-bond acceptors (Lipinski definition) is 4. The summed E-state index contributed by atoms with van der Waals surface area (Å²) in [5, 5.41) is 4.74. The van der Waals surface area contributed by atoms with Gasteiger partial charge in [0.25, 0.3) is 0 Å². The summed E-state index contributed by atoms with van der Waals surface area (Å²) < 4.78 is 28.0. The molecule has 0 unspecified atom stereocenters. The third kappa shape index (κ3) is 2.78. The molecule has 106 valence electrons. The first-order valence-corrected chi connectivity index (χ1v) is 7.27. The van der Waals surface area contributed by atoms with E-state index in [-0.39, 0.29) is 5.69 Å². The Morgan fingerprint density at radius 3 is 2.81 bits per heavy atom. The molecule has 0 fully saturated rings. The smallest absolute Gasteiger partial charge is 0.187 e. The van der Waals surface area contributed by atoms with Crippen LogP contribution in [0.1, 0.15) is 0 Å². The lowest BCUT2D eigenvalue weighted by Crippen LogP contribution is -1.98. The molecule has 3 rings (SSSR count). The van der Waals surface area contributed by atoms with Crippen LogP contribution >= 0.6 is 11.8 Å². The molecule has 0 amide bonds. The van der Waals surface area contributed by atoms with Crippen molar-refractivity contribution in [1.29, 1.82) is 0 Å². The highest BCUT2D eigenvalue weighted by Gasteiger charge is 2.10. The van der Waals surface area contributed by atoms with Crippen LogP contribution in [-0.2, 0) is 0 Å². The summed E-state index contributed by atoms with van der Waals surface area (Å²) in [4.78, 5) is 8.44. The highest BCUT2D eigenvalue weighted by atomic mass is 32.2. The van der Waals surface area contributed by atoms with E-state index in [0.29, 0.717) is 10.9 Å². The van der Waals surface area contributed by atoms with E-state index >= 15 is 0 Å². The van der Waals surface area contributed by atoms with Gasteiger partial charge in [-0.1, -0.05) is 11.8 Å². The van der Waals surface area contributed by atoms with Crippen molar-refractivity contribution < 1.29 is 8.78 Å². The average molecular weight is 304 g/mol. The Labute approximate surface area is 123 Å². The SMILES string of the molecule is CSc1nccc(-c2cnn(-c3ccc(F)cc3F)c2)n1. The van der Waals surface area contributed by atoms with E-state index in [9.17, 15) is 8.78 Å². The highest BCUT2D eigenvalue weighted by molar-refractivity contribution is 7.98. The Hall–Kier alpha value is -2.28. The number of halogens is 2. The van der Waals surface area contributed by atoms with Gasteiger partial charge in [-0.25, -0.2) is 23.4 Å². The molecule has 4 nitrogen and oxygen atoms in total. The topological polar surface area (TPSA) is 43.6 Å².